The first-order valence-electron chi connectivity index (χ1n) is 5.68. The summed E-state index contributed by atoms with van der Waals surface area (Å²) in [6, 6.07) is 3.03. The third-order valence-corrected chi connectivity index (χ3v) is 3.50. The van der Waals surface area contributed by atoms with Crippen LogP contribution in [0.1, 0.15) is 18.9 Å². The number of phenolic OH excluding ortho intramolecular Hbond substituents is 3. The molecule has 0 aliphatic rings. The van der Waals surface area contributed by atoms with Crippen molar-refractivity contribution in [2.75, 3.05) is 12.0 Å². The van der Waals surface area contributed by atoms with E-state index in [4.69, 9.17) is 0 Å². The predicted molar refractivity (Wildman–Crippen MR) is 71.3 cm³/mol. The van der Waals surface area contributed by atoms with Gasteiger partial charge in [0.05, 0.1) is 0 Å². The molecular formula is C12H19NO4S. The largest absolute Gasteiger partial charge is 0.504 e. The van der Waals surface area contributed by atoms with Crippen LogP contribution in [-0.4, -0.2) is 37.6 Å². The van der Waals surface area contributed by atoms with Crippen LogP contribution in [0.3, 0.4) is 0 Å². The highest BCUT2D eigenvalue weighted by atomic mass is 32.2. The van der Waals surface area contributed by atoms with Crippen molar-refractivity contribution in [3.63, 3.8) is 0 Å². The van der Waals surface area contributed by atoms with Gasteiger partial charge in [0.1, 0.15) is 0 Å². The molecule has 0 heterocycles. The number of hydrogen-bond acceptors (Lipinski definition) is 5. The van der Waals surface area contributed by atoms with E-state index >= 15 is 0 Å². The summed E-state index contributed by atoms with van der Waals surface area (Å²) in [7, 11) is -0.808. The normalized spacial score (nSPS) is 14.3. The molecule has 0 saturated carbocycles. The monoisotopic (exact) mass is 273 g/mol. The average molecular weight is 273 g/mol. The molecule has 1 rings (SSSR count). The molecule has 0 aromatic heterocycles. The van der Waals surface area contributed by atoms with Crippen molar-refractivity contribution in [3.05, 3.63) is 17.7 Å². The van der Waals surface area contributed by atoms with Crippen LogP contribution in [0.2, 0.25) is 0 Å². The number of nitrogens with one attached hydrogen (secondary N) is 1. The Bertz CT molecular complexity index is 436. The van der Waals surface area contributed by atoms with Crippen molar-refractivity contribution in [2.24, 2.45) is 0 Å². The third-order valence-electron chi connectivity index (χ3n) is 2.69. The Hall–Kier alpha value is -1.27. The fourth-order valence-electron chi connectivity index (χ4n) is 1.48. The SMILES string of the molecule is CC(CCS(C)=O)NCc1ccc(O)c(O)c1O. The molecule has 0 amide bonds. The number of benzene rings is 1. The van der Waals surface area contributed by atoms with Gasteiger partial charge in [-0.2, -0.15) is 0 Å². The highest BCUT2D eigenvalue weighted by Crippen LogP contribution is 2.36. The second-order valence-corrected chi connectivity index (χ2v) is 5.84. The molecule has 0 spiro atoms. The maximum Gasteiger partial charge on any atom is 0.200 e. The van der Waals surface area contributed by atoms with E-state index in [1.807, 2.05) is 6.92 Å². The quantitative estimate of drug-likeness (QED) is 0.582. The van der Waals surface area contributed by atoms with Crippen LogP contribution in [0, 0.1) is 0 Å². The molecule has 0 fully saturated rings. The molecule has 0 radical (unpaired) electrons. The van der Waals surface area contributed by atoms with Gasteiger partial charge in [-0.25, -0.2) is 0 Å². The topological polar surface area (TPSA) is 89.8 Å². The standard InChI is InChI=1S/C12H19NO4S/c1-8(5-6-18(2)17)13-7-9-3-4-10(14)12(16)11(9)15/h3-4,8,13-16H,5-7H2,1-2H3. The van der Waals surface area contributed by atoms with E-state index in [2.05, 4.69) is 5.32 Å². The van der Waals surface area contributed by atoms with E-state index in [9.17, 15) is 19.5 Å². The molecule has 4 N–H and O–H groups in total. The summed E-state index contributed by atoms with van der Waals surface area (Å²) in [6.45, 7) is 2.33. The summed E-state index contributed by atoms with van der Waals surface area (Å²) >= 11 is 0. The Morgan fingerprint density at radius 1 is 1.28 bits per heavy atom. The highest BCUT2D eigenvalue weighted by molar-refractivity contribution is 7.84. The van der Waals surface area contributed by atoms with E-state index in [0.717, 1.165) is 6.42 Å². The van der Waals surface area contributed by atoms with Gasteiger partial charge in [0.15, 0.2) is 11.5 Å². The molecule has 0 aliphatic heterocycles. The minimum Gasteiger partial charge on any atom is -0.504 e. The second kappa shape index (κ2) is 6.61. The minimum absolute atomic E-state index is 0.157. The van der Waals surface area contributed by atoms with Crippen LogP contribution in [0.4, 0.5) is 0 Å². The summed E-state index contributed by atoms with van der Waals surface area (Å²) in [5, 5.41) is 31.3. The van der Waals surface area contributed by atoms with Crippen LogP contribution in [0.25, 0.3) is 0 Å². The molecule has 1 aromatic carbocycles. The Kier molecular flexibility index (Phi) is 5.43. The Labute approximate surface area is 109 Å². The number of rotatable bonds is 6. The smallest absolute Gasteiger partial charge is 0.200 e. The van der Waals surface area contributed by atoms with Gasteiger partial charge in [-0.3, -0.25) is 4.21 Å². The van der Waals surface area contributed by atoms with Gasteiger partial charge in [-0.1, -0.05) is 6.07 Å². The second-order valence-electron chi connectivity index (χ2n) is 4.29. The lowest BCUT2D eigenvalue weighted by atomic mass is 10.1. The summed E-state index contributed by atoms with van der Waals surface area (Å²) in [5.74, 6) is -0.530. The lowest BCUT2D eigenvalue weighted by Crippen LogP contribution is -2.27. The fraction of sp³-hybridized carbons (Fsp3) is 0.500. The maximum atomic E-state index is 10.9. The third kappa shape index (κ3) is 4.19. The van der Waals surface area contributed by atoms with Crippen LogP contribution in [0.15, 0.2) is 12.1 Å². The van der Waals surface area contributed by atoms with Crippen LogP contribution in [0.5, 0.6) is 17.2 Å². The molecule has 5 nitrogen and oxygen atoms in total. The lowest BCUT2D eigenvalue weighted by molar-refractivity contribution is 0.363. The van der Waals surface area contributed by atoms with Crippen LogP contribution in [-0.2, 0) is 17.3 Å². The van der Waals surface area contributed by atoms with Crippen LogP contribution < -0.4 is 5.32 Å². The van der Waals surface area contributed by atoms with E-state index in [1.54, 1.807) is 12.3 Å². The number of phenols is 3. The van der Waals surface area contributed by atoms with Gasteiger partial charge >= 0.3 is 0 Å². The first-order chi connectivity index (χ1) is 8.41. The molecule has 6 heteroatoms. The van der Waals surface area contributed by atoms with Crippen LogP contribution >= 0.6 is 0 Å². The Balaban J connectivity index is 2.53. The molecule has 102 valence electrons. The van der Waals surface area contributed by atoms with E-state index in [1.165, 1.54) is 6.07 Å². The maximum absolute atomic E-state index is 10.9. The van der Waals surface area contributed by atoms with Crippen molar-refractivity contribution in [1.29, 1.82) is 0 Å². The first kappa shape index (κ1) is 14.8. The van der Waals surface area contributed by atoms with Crippen molar-refractivity contribution in [1.82, 2.24) is 5.32 Å². The zero-order valence-electron chi connectivity index (χ0n) is 10.5. The molecule has 0 bridgehead atoms. The van der Waals surface area contributed by atoms with Gasteiger partial charge < -0.3 is 20.6 Å². The van der Waals surface area contributed by atoms with Gasteiger partial charge in [0.2, 0.25) is 5.75 Å². The average Bonchev–Trinajstić information content (AvgIpc) is 2.32. The lowest BCUT2D eigenvalue weighted by Gasteiger charge is -2.14. The minimum atomic E-state index is -0.808. The zero-order chi connectivity index (χ0) is 13.7. The van der Waals surface area contributed by atoms with Gasteiger partial charge in [0.25, 0.3) is 0 Å². The zero-order valence-corrected chi connectivity index (χ0v) is 11.3. The van der Waals surface area contributed by atoms with Gasteiger partial charge in [-0.05, 0) is 19.4 Å². The summed E-state index contributed by atoms with van der Waals surface area (Å²) in [6.07, 6.45) is 2.44. The summed E-state index contributed by atoms with van der Waals surface area (Å²) < 4.78 is 10.9. The number of aromatic hydroxyl groups is 3. The number of hydrogen-bond donors (Lipinski definition) is 4. The summed E-state index contributed by atoms with van der Waals surface area (Å²) in [5.41, 5.74) is 0.509. The van der Waals surface area contributed by atoms with Crippen molar-refractivity contribution in [2.45, 2.75) is 25.9 Å². The molecule has 2 atom stereocenters. The van der Waals surface area contributed by atoms with Gasteiger partial charge in [0, 0.05) is 41.0 Å². The molecule has 2 unspecified atom stereocenters. The van der Waals surface area contributed by atoms with E-state index in [0.29, 0.717) is 17.9 Å². The molecular weight excluding hydrogens is 254 g/mol. The highest BCUT2D eigenvalue weighted by Gasteiger charge is 2.11. The fourth-order valence-corrected chi connectivity index (χ4v) is 2.17. The first-order valence-corrected chi connectivity index (χ1v) is 7.40. The van der Waals surface area contributed by atoms with E-state index < -0.39 is 16.5 Å². The molecule has 0 aliphatic carbocycles. The Morgan fingerprint density at radius 3 is 2.56 bits per heavy atom. The predicted octanol–water partition coefficient (Wildman–Crippen LogP) is 1.05. The molecule has 18 heavy (non-hydrogen) atoms. The van der Waals surface area contributed by atoms with Crippen molar-refractivity contribution in [3.8, 4) is 17.2 Å². The van der Waals surface area contributed by atoms with Gasteiger partial charge in [-0.15, -0.1) is 0 Å². The van der Waals surface area contributed by atoms with Crippen molar-refractivity contribution >= 4 is 10.8 Å². The van der Waals surface area contributed by atoms with E-state index in [-0.39, 0.29) is 17.5 Å². The molecule has 1 aromatic rings. The summed E-state index contributed by atoms with van der Waals surface area (Å²) in [4.78, 5) is 0. The molecule has 0 saturated heterocycles. The Morgan fingerprint density at radius 2 is 1.94 bits per heavy atom. The van der Waals surface area contributed by atoms with Crippen molar-refractivity contribution < 1.29 is 19.5 Å².